The standard InChI is InChI=1S/C26H38N2O3Si/c1-19-14-21(16-22(15-19)31-32(5,6)26(2,3)4)23-12-13-27-17-24(23)28(25(29)30)18-20-10-8-7-9-11-20/h7-13,17,19,21-22H,14-16,18H2,1-6H3,(H,29,30). The molecule has 1 aromatic carbocycles. The van der Waals surface area contributed by atoms with Crippen LogP contribution in [-0.2, 0) is 11.0 Å². The molecule has 174 valence electrons. The Bertz CT molecular complexity index is 911. The Balaban J connectivity index is 1.88. The van der Waals surface area contributed by atoms with E-state index in [1.807, 2.05) is 36.4 Å². The van der Waals surface area contributed by atoms with Crippen LogP contribution in [-0.4, -0.2) is 30.6 Å². The minimum absolute atomic E-state index is 0.167. The van der Waals surface area contributed by atoms with Crippen molar-refractivity contribution < 1.29 is 14.3 Å². The van der Waals surface area contributed by atoms with E-state index in [1.165, 1.54) is 4.90 Å². The smallest absolute Gasteiger partial charge is 0.412 e. The van der Waals surface area contributed by atoms with Gasteiger partial charge in [0, 0.05) is 12.3 Å². The first-order valence-corrected chi connectivity index (χ1v) is 14.5. The fourth-order valence-corrected chi connectivity index (χ4v) is 5.85. The van der Waals surface area contributed by atoms with Gasteiger partial charge in [0.05, 0.1) is 18.4 Å². The summed E-state index contributed by atoms with van der Waals surface area (Å²) in [6.45, 7) is 14.0. The van der Waals surface area contributed by atoms with Gasteiger partial charge < -0.3 is 9.53 Å². The molecule has 1 aromatic heterocycles. The Morgan fingerprint density at radius 2 is 1.84 bits per heavy atom. The fourth-order valence-electron chi connectivity index (χ4n) is 4.47. The number of amides is 1. The van der Waals surface area contributed by atoms with Crippen LogP contribution in [0, 0.1) is 5.92 Å². The van der Waals surface area contributed by atoms with Crippen LogP contribution in [0.4, 0.5) is 10.5 Å². The van der Waals surface area contributed by atoms with Gasteiger partial charge in [-0.25, -0.2) is 4.79 Å². The van der Waals surface area contributed by atoms with Gasteiger partial charge in [0.2, 0.25) is 0 Å². The highest BCUT2D eigenvalue weighted by Crippen LogP contribution is 2.44. The first-order valence-electron chi connectivity index (χ1n) is 11.6. The molecule has 6 heteroatoms. The van der Waals surface area contributed by atoms with E-state index in [2.05, 4.69) is 45.8 Å². The lowest BCUT2D eigenvalue weighted by Gasteiger charge is -2.43. The monoisotopic (exact) mass is 454 g/mol. The summed E-state index contributed by atoms with van der Waals surface area (Å²) in [5.74, 6) is 0.779. The van der Waals surface area contributed by atoms with Crippen LogP contribution in [0.1, 0.15) is 64.0 Å². The third-order valence-corrected chi connectivity index (χ3v) is 11.7. The summed E-state index contributed by atoms with van der Waals surface area (Å²) in [5.41, 5.74) is 2.71. The van der Waals surface area contributed by atoms with E-state index >= 15 is 0 Å². The number of hydrogen-bond acceptors (Lipinski definition) is 3. The molecular weight excluding hydrogens is 416 g/mol. The van der Waals surface area contributed by atoms with Gasteiger partial charge in [-0.1, -0.05) is 58.0 Å². The molecule has 1 N–H and O–H groups in total. The van der Waals surface area contributed by atoms with E-state index in [-0.39, 0.29) is 17.1 Å². The van der Waals surface area contributed by atoms with Crippen molar-refractivity contribution in [3.63, 3.8) is 0 Å². The highest BCUT2D eigenvalue weighted by Gasteiger charge is 2.41. The largest absolute Gasteiger partial charge is 0.465 e. The van der Waals surface area contributed by atoms with Crippen LogP contribution in [0.25, 0.3) is 0 Å². The van der Waals surface area contributed by atoms with Crippen molar-refractivity contribution in [3.8, 4) is 0 Å². The number of carbonyl (C=O) groups is 1. The molecular formula is C26H38N2O3Si. The molecule has 1 saturated carbocycles. The predicted octanol–water partition coefficient (Wildman–Crippen LogP) is 7.06. The lowest BCUT2D eigenvalue weighted by Crippen LogP contribution is -2.45. The third-order valence-electron chi connectivity index (χ3n) is 7.14. The second kappa shape index (κ2) is 9.75. The third kappa shape index (κ3) is 5.78. The topological polar surface area (TPSA) is 62.7 Å². The molecule has 3 atom stereocenters. The highest BCUT2D eigenvalue weighted by molar-refractivity contribution is 6.74. The van der Waals surface area contributed by atoms with Crippen molar-refractivity contribution in [2.45, 2.75) is 83.7 Å². The van der Waals surface area contributed by atoms with E-state index < -0.39 is 14.4 Å². The summed E-state index contributed by atoms with van der Waals surface area (Å²) in [5, 5.41) is 10.2. The molecule has 1 aliphatic rings. The number of anilines is 1. The minimum Gasteiger partial charge on any atom is -0.465 e. The Morgan fingerprint density at radius 3 is 2.47 bits per heavy atom. The van der Waals surface area contributed by atoms with E-state index in [4.69, 9.17) is 4.43 Å². The molecule has 1 fully saturated rings. The maximum absolute atomic E-state index is 12.2. The molecule has 32 heavy (non-hydrogen) atoms. The number of benzene rings is 1. The quantitative estimate of drug-likeness (QED) is 0.475. The summed E-state index contributed by atoms with van der Waals surface area (Å²) >= 11 is 0. The van der Waals surface area contributed by atoms with Crippen LogP contribution in [0.15, 0.2) is 48.8 Å². The second-order valence-electron chi connectivity index (χ2n) is 10.8. The van der Waals surface area contributed by atoms with Crippen molar-refractivity contribution in [2.24, 2.45) is 5.92 Å². The van der Waals surface area contributed by atoms with Crippen LogP contribution < -0.4 is 4.90 Å². The van der Waals surface area contributed by atoms with E-state index in [9.17, 15) is 9.90 Å². The first-order chi connectivity index (χ1) is 15.0. The lowest BCUT2D eigenvalue weighted by atomic mass is 9.77. The average Bonchev–Trinajstić information content (AvgIpc) is 2.71. The molecule has 1 aliphatic carbocycles. The molecule has 0 bridgehead atoms. The van der Waals surface area contributed by atoms with Crippen molar-refractivity contribution in [1.82, 2.24) is 4.98 Å². The number of aromatic nitrogens is 1. The van der Waals surface area contributed by atoms with Crippen molar-refractivity contribution in [1.29, 1.82) is 0 Å². The molecule has 3 rings (SSSR count). The van der Waals surface area contributed by atoms with Gasteiger partial charge in [-0.15, -0.1) is 0 Å². The Morgan fingerprint density at radius 1 is 1.16 bits per heavy atom. The molecule has 3 unspecified atom stereocenters. The summed E-state index contributed by atoms with van der Waals surface area (Å²) in [6.07, 6.45) is 5.76. The van der Waals surface area contributed by atoms with Gasteiger partial charge in [-0.2, -0.15) is 0 Å². The van der Waals surface area contributed by atoms with Gasteiger partial charge in [0.1, 0.15) is 0 Å². The number of pyridine rings is 1. The van der Waals surface area contributed by atoms with Gasteiger partial charge in [-0.05, 0) is 66.4 Å². The zero-order chi connectivity index (χ0) is 23.5. The van der Waals surface area contributed by atoms with Gasteiger partial charge in [0.25, 0.3) is 0 Å². The Labute approximate surface area is 194 Å². The number of rotatable bonds is 6. The van der Waals surface area contributed by atoms with Gasteiger partial charge >= 0.3 is 6.09 Å². The summed E-state index contributed by atoms with van der Waals surface area (Å²) in [6, 6.07) is 11.7. The zero-order valence-corrected chi connectivity index (χ0v) is 21.3. The normalized spacial score (nSPS) is 21.9. The number of carboxylic acid groups (broad SMARTS) is 1. The summed E-state index contributed by atoms with van der Waals surface area (Å²) in [4.78, 5) is 18.0. The molecule has 1 heterocycles. The van der Waals surface area contributed by atoms with Crippen LogP contribution in [0.3, 0.4) is 0 Å². The van der Waals surface area contributed by atoms with Crippen LogP contribution in [0.2, 0.25) is 18.1 Å². The predicted molar refractivity (Wildman–Crippen MR) is 133 cm³/mol. The van der Waals surface area contributed by atoms with E-state index in [1.54, 1.807) is 12.4 Å². The zero-order valence-electron chi connectivity index (χ0n) is 20.3. The summed E-state index contributed by atoms with van der Waals surface area (Å²) in [7, 11) is -1.87. The van der Waals surface area contributed by atoms with E-state index in [0.717, 1.165) is 30.4 Å². The highest BCUT2D eigenvalue weighted by atomic mass is 28.4. The van der Waals surface area contributed by atoms with Crippen molar-refractivity contribution >= 4 is 20.1 Å². The Hall–Kier alpha value is -2.18. The molecule has 0 radical (unpaired) electrons. The molecule has 5 nitrogen and oxygen atoms in total. The Kier molecular flexibility index (Phi) is 7.45. The van der Waals surface area contributed by atoms with Gasteiger partial charge in [-0.3, -0.25) is 9.88 Å². The number of nitrogens with zero attached hydrogens (tertiary/aromatic N) is 2. The van der Waals surface area contributed by atoms with Gasteiger partial charge in [0.15, 0.2) is 8.32 Å². The lowest BCUT2D eigenvalue weighted by molar-refractivity contribution is 0.103. The fraction of sp³-hybridized carbons (Fsp3) is 0.538. The minimum atomic E-state index is -1.87. The SMILES string of the molecule is CC1CC(O[Si](C)(C)C(C)(C)C)CC(c2ccncc2N(Cc2ccccc2)C(=O)O)C1. The number of hydrogen-bond donors (Lipinski definition) is 1. The van der Waals surface area contributed by atoms with Crippen LogP contribution >= 0.6 is 0 Å². The molecule has 2 aromatic rings. The molecule has 0 spiro atoms. The van der Waals surface area contributed by atoms with Crippen molar-refractivity contribution in [2.75, 3.05) is 4.90 Å². The maximum Gasteiger partial charge on any atom is 0.412 e. The average molecular weight is 455 g/mol. The summed E-state index contributed by atoms with van der Waals surface area (Å²) < 4.78 is 6.80. The van der Waals surface area contributed by atoms with Crippen LogP contribution in [0.5, 0.6) is 0 Å². The molecule has 0 aliphatic heterocycles. The van der Waals surface area contributed by atoms with E-state index in [0.29, 0.717) is 18.2 Å². The molecule has 1 amide bonds. The second-order valence-corrected chi connectivity index (χ2v) is 15.6. The first kappa shape index (κ1) is 24.5. The van der Waals surface area contributed by atoms with Crippen molar-refractivity contribution in [3.05, 3.63) is 59.9 Å². The molecule has 0 saturated heterocycles. The maximum atomic E-state index is 12.2.